The highest BCUT2D eigenvalue weighted by atomic mass is 16.5. The van der Waals surface area contributed by atoms with Crippen molar-refractivity contribution in [3.8, 4) is 0 Å². The third kappa shape index (κ3) is 5.70. The summed E-state index contributed by atoms with van der Waals surface area (Å²) < 4.78 is 7.26. The van der Waals surface area contributed by atoms with Crippen molar-refractivity contribution in [3.63, 3.8) is 0 Å². The van der Waals surface area contributed by atoms with Gasteiger partial charge in [0.15, 0.2) is 0 Å². The van der Waals surface area contributed by atoms with E-state index in [-0.39, 0.29) is 11.7 Å². The van der Waals surface area contributed by atoms with Gasteiger partial charge in [-0.25, -0.2) is 10.4 Å². The molecule has 1 heterocycles. The lowest BCUT2D eigenvalue weighted by molar-refractivity contribution is 0.0748. The summed E-state index contributed by atoms with van der Waals surface area (Å²) >= 11 is 0. The lowest BCUT2D eigenvalue weighted by Crippen LogP contribution is -2.25. The van der Waals surface area contributed by atoms with Crippen LogP contribution in [-0.2, 0) is 11.3 Å². The van der Waals surface area contributed by atoms with Crippen LogP contribution >= 0.6 is 0 Å². The fourth-order valence-electron chi connectivity index (χ4n) is 3.20. The third-order valence-corrected chi connectivity index (χ3v) is 4.96. The zero-order valence-corrected chi connectivity index (χ0v) is 18.9. The maximum atomic E-state index is 13.1. The smallest absolute Gasteiger partial charge is 0.262 e. The summed E-state index contributed by atoms with van der Waals surface area (Å²) in [4.78, 5) is 19.8. The highest BCUT2D eigenvalue weighted by Gasteiger charge is 2.11. The number of aromatic nitrogens is 2. The summed E-state index contributed by atoms with van der Waals surface area (Å²) in [7, 11) is 4.02. The van der Waals surface area contributed by atoms with Gasteiger partial charge in [-0.3, -0.25) is 9.36 Å². The fourth-order valence-corrected chi connectivity index (χ4v) is 3.20. The van der Waals surface area contributed by atoms with Crippen molar-refractivity contribution in [2.24, 2.45) is 5.10 Å². The van der Waals surface area contributed by atoms with Crippen LogP contribution in [0.15, 0.2) is 58.4 Å². The van der Waals surface area contributed by atoms with Gasteiger partial charge in [0.05, 0.1) is 22.7 Å². The Morgan fingerprint density at radius 2 is 1.87 bits per heavy atom. The van der Waals surface area contributed by atoms with E-state index in [0.717, 1.165) is 17.0 Å². The van der Waals surface area contributed by atoms with Gasteiger partial charge in [-0.15, -0.1) is 0 Å². The molecule has 164 valence electrons. The molecule has 0 aliphatic rings. The maximum Gasteiger partial charge on any atom is 0.262 e. The molecule has 3 aromatic rings. The Labute approximate surface area is 183 Å². The van der Waals surface area contributed by atoms with E-state index >= 15 is 0 Å². The van der Waals surface area contributed by atoms with Crippen molar-refractivity contribution in [3.05, 3.63) is 64.4 Å². The molecule has 0 saturated carbocycles. The van der Waals surface area contributed by atoms with Gasteiger partial charge in [0, 0.05) is 32.9 Å². The first kappa shape index (κ1) is 22.5. The molecule has 1 aromatic heterocycles. The molecule has 7 nitrogen and oxygen atoms in total. The first-order valence-electron chi connectivity index (χ1n) is 10.6. The number of nitrogens with one attached hydrogen (secondary N) is 1. The first-order valence-corrected chi connectivity index (χ1v) is 10.6. The van der Waals surface area contributed by atoms with Crippen molar-refractivity contribution in [1.82, 2.24) is 9.55 Å². The zero-order chi connectivity index (χ0) is 22.4. The lowest BCUT2D eigenvalue weighted by Gasteiger charge is -2.14. The number of nitrogens with zero attached hydrogens (tertiary/aromatic N) is 4. The van der Waals surface area contributed by atoms with Crippen LogP contribution in [0.25, 0.3) is 10.9 Å². The predicted molar refractivity (Wildman–Crippen MR) is 128 cm³/mol. The van der Waals surface area contributed by atoms with E-state index in [1.54, 1.807) is 10.6 Å². The molecule has 7 heteroatoms. The largest absolute Gasteiger partial charge is 0.379 e. The Bertz CT molecular complexity index is 1100. The van der Waals surface area contributed by atoms with Crippen molar-refractivity contribution in [2.75, 3.05) is 31.0 Å². The number of anilines is 2. The maximum absolute atomic E-state index is 13.1. The third-order valence-electron chi connectivity index (χ3n) is 4.96. The average Bonchev–Trinajstić information content (AvgIpc) is 2.76. The summed E-state index contributed by atoms with van der Waals surface area (Å²) in [6, 6.07) is 15.5. The minimum atomic E-state index is -0.0826. The van der Waals surface area contributed by atoms with E-state index in [4.69, 9.17) is 4.74 Å². The molecule has 0 atom stereocenters. The second kappa shape index (κ2) is 10.2. The highest BCUT2D eigenvalue weighted by Crippen LogP contribution is 2.15. The number of para-hydroxylation sites is 1. The summed E-state index contributed by atoms with van der Waals surface area (Å²) in [5.41, 5.74) is 6.51. The predicted octanol–water partition coefficient (Wildman–Crippen LogP) is 4.11. The van der Waals surface area contributed by atoms with Gasteiger partial charge in [0.1, 0.15) is 0 Å². The molecular formula is C24H31N5O2. The number of hydrogen-bond acceptors (Lipinski definition) is 6. The second-order valence-corrected chi connectivity index (χ2v) is 7.93. The Morgan fingerprint density at radius 3 is 2.55 bits per heavy atom. The van der Waals surface area contributed by atoms with E-state index in [1.165, 1.54) is 0 Å². The van der Waals surface area contributed by atoms with Gasteiger partial charge in [0.25, 0.3) is 5.56 Å². The van der Waals surface area contributed by atoms with Crippen molar-refractivity contribution >= 4 is 28.3 Å². The summed E-state index contributed by atoms with van der Waals surface area (Å²) in [5, 5.41) is 5.10. The summed E-state index contributed by atoms with van der Waals surface area (Å²) in [6.07, 6.45) is 0.872. The van der Waals surface area contributed by atoms with Crippen LogP contribution in [0.2, 0.25) is 0 Å². The molecule has 0 bridgehead atoms. The van der Waals surface area contributed by atoms with E-state index in [9.17, 15) is 4.79 Å². The van der Waals surface area contributed by atoms with Crippen molar-refractivity contribution in [1.29, 1.82) is 0 Å². The minimum Gasteiger partial charge on any atom is -0.379 e. The van der Waals surface area contributed by atoms with Crippen LogP contribution in [-0.4, -0.2) is 42.1 Å². The van der Waals surface area contributed by atoms with Crippen LogP contribution in [0.5, 0.6) is 0 Å². The molecule has 0 amide bonds. The van der Waals surface area contributed by atoms with E-state index in [2.05, 4.69) is 20.4 Å². The number of rotatable bonds is 9. The standard InChI is InChI=1S/C24H31N5O2/c1-17(2)31-16-8-15-29-23(30)21-9-6-7-10-22(21)25-24(29)27-26-18(3)19-11-13-20(14-12-19)28(4)5/h6-7,9-14,17H,8,15-16H2,1-5H3,(H,25,27)/b26-18-. The molecule has 0 radical (unpaired) electrons. The second-order valence-electron chi connectivity index (χ2n) is 7.93. The molecule has 3 rings (SSSR count). The van der Waals surface area contributed by atoms with Crippen molar-refractivity contribution in [2.45, 2.75) is 39.8 Å². The highest BCUT2D eigenvalue weighted by molar-refractivity contribution is 5.99. The molecule has 0 aliphatic heterocycles. The monoisotopic (exact) mass is 421 g/mol. The number of ether oxygens (including phenoxy) is 1. The number of hydrogen-bond donors (Lipinski definition) is 1. The average molecular weight is 422 g/mol. The SMILES string of the molecule is C/C(=N/Nc1nc2ccccc2c(=O)n1CCCOC(C)C)c1ccc(N(C)C)cc1. The van der Waals surface area contributed by atoms with E-state index < -0.39 is 0 Å². The Hall–Kier alpha value is -3.19. The molecule has 0 aliphatic carbocycles. The van der Waals surface area contributed by atoms with E-state index in [1.807, 2.05) is 77.3 Å². The van der Waals surface area contributed by atoms with Gasteiger partial charge >= 0.3 is 0 Å². The first-order chi connectivity index (χ1) is 14.9. The molecule has 0 fully saturated rings. The normalized spacial score (nSPS) is 11.9. The van der Waals surface area contributed by atoms with E-state index in [0.29, 0.717) is 36.4 Å². The molecule has 0 unspecified atom stereocenters. The van der Waals surface area contributed by atoms with Gasteiger partial charge in [-0.2, -0.15) is 5.10 Å². The molecule has 0 spiro atoms. The van der Waals surface area contributed by atoms with Crippen molar-refractivity contribution < 1.29 is 4.74 Å². The van der Waals surface area contributed by atoms with Crippen LogP contribution in [0.4, 0.5) is 11.6 Å². The summed E-state index contributed by atoms with van der Waals surface area (Å²) in [6.45, 7) is 7.00. The molecule has 0 saturated heterocycles. The Morgan fingerprint density at radius 1 is 1.16 bits per heavy atom. The lowest BCUT2D eigenvalue weighted by atomic mass is 10.1. The summed E-state index contributed by atoms with van der Waals surface area (Å²) in [5.74, 6) is 0.428. The number of hydrazone groups is 1. The Balaban J connectivity index is 1.87. The molecule has 2 aromatic carbocycles. The fraction of sp³-hybridized carbons (Fsp3) is 0.375. The Kier molecular flexibility index (Phi) is 7.41. The molecule has 31 heavy (non-hydrogen) atoms. The number of benzene rings is 2. The zero-order valence-electron chi connectivity index (χ0n) is 18.9. The van der Waals surface area contributed by atoms with Gasteiger partial charge in [-0.1, -0.05) is 24.3 Å². The minimum absolute atomic E-state index is 0.0826. The molecule has 1 N–H and O–H groups in total. The quantitative estimate of drug-likeness (QED) is 0.320. The van der Waals surface area contributed by atoms with Gasteiger partial charge in [0.2, 0.25) is 5.95 Å². The van der Waals surface area contributed by atoms with Gasteiger partial charge in [-0.05, 0) is 57.0 Å². The van der Waals surface area contributed by atoms with Crippen LogP contribution in [0, 0.1) is 0 Å². The van der Waals surface area contributed by atoms with Crippen LogP contribution in [0.3, 0.4) is 0 Å². The van der Waals surface area contributed by atoms with Crippen LogP contribution < -0.4 is 15.9 Å². The number of fused-ring (bicyclic) bond motifs is 1. The topological polar surface area (TPSA) is 71.8 Å². The molecular weight excluding hydrogens is 390 g/mol. The van der Waals surface area contributed by atoms with Gasteiger partial charge < -0.3 is 9.64 Å². The van der Waals surface area contributed by atoms with Crippen LogP contribution in [0.1, 0.15) is 32.8 Å².